The fraction of sp³-hybridized carbons (Fsp3) is 0.400. The monoisotopic (exact) mass is 572 g/mol. The summed E-state index contributed by atoms with van der Waals surface area (Å²) in [6.45, 7) is 7.98. The van der Waals surface area contributed by atoms with Gasteiger partial charge in [0.1, 0.15) is 6.04 Å². The smallest absolute Gasteiger partial charge is 0.304 e. The molecule has 3 N–H and O–H groups in total. The maximum absolute atomic E-state index is 13.5. The average molecular weight is 573 g/mol. The van der Waals surface area contributed by atoms with Crippen molar-refractivity contribution in [1.29, 1.82) is 0 Å². The first kappa shape index (κ1) is 32.5. The molecule has 0 aliphatic rings. The summed E-state index contributed by atoms with van der Waals surface area (Å²) in [5.41, 5.74) is 4.95. The van der Waals surface area contributed by atoms with Gasteiger partial charge >= 0.3 is 5.97 Å². The number of benzene rings is 3. The summed E-state index contributed by atoms with van der Waals surface area (Å²) in [6, 6.07) is 24.8. The summed E-state index contributed by atoms with van der Waals surface area (Å²) in [4.78, 5) is 38.6. The number of carbonyl (C=O) groups excluding carboxylic acids is 2. The van der Waals surface area contributed by atoms with Crippen LogP contribution in [0.3, 0.4) is 0 Å². The highest BCUT2D eigenvalue weighted by atomic mass is 16.5. The van der Waals surface area contributed by atoms with E-state index >= 15 is 0 Å². The first-order valence-electron chi connectivity index (χ1n) is 14.5. The lowest BCUT2D eigenvalue weighted by atomic mass is 9.85. The Morgan fingerprint density at radius 2 is 1.50 bits per heavy atom. The largest absolute Gasteiger partial charge is 0.481 e. The Morgan fingerprint density at radius 1 is 0.857 bits per heavy atom. The van der Waals surface area contributed by atoms with E-state index in [9.17, 15) is 19.5 Å². The summed E-state index contributed by atoms with van der Waals surface area (Å²) < 4.78 is 5.34. The molecule has 3 aromatic carbocycles. The molecule has 7 heteroatoms. The van der Waals surface area contributed by atoms with E-state index in [1.165, 1.54) is 11.1 Å². The van der Waals surface area contributed by atoms with Gasteiger partial charge in [-0.25, -0.2) is 0 Å². The minimum absolute atomic E-state index is 0.272. The highest BCUT2D eigenvalue weighted by Crippen LogP contribution is 2.25. The molecule has 7 nitrogen and oxygen atoms in total. The second-order valence-corrected chi connectivity index (χ2v) is 11.9. The predicted molar refractivity (Wildman–Crippen MR) is 166 cm³/mol. The molecule has 0 aliphatic heterocycles. The Kier molecular flexibility index (Phi) is 11.9. The van der Waals surface area contributed by atoms with Gasteiger partial charge in [0.2, 0.25) is 11.8 Å². The fourth-order valence-corrected chi connectivity index (χ4v) is 5.10. The second kappa shape index (κ2) is 15.3. The molecule has 3 atom stereocenters. The third-order valence-electron chi connectivity index (χ3n) is 7.49. The van der Waals surface area contributed by atoms with Crippen molar-refractivity contribution in [3.05, 3.63) is 95.6 Å². The van der Waals surface area contributed by atoms with Crippen molar-refractivity contribution in [2.24, 2.45) is 11.3 Å². The number of ether oxygens (including phenoxy) is 1. The maximum atomic E-state index is 13.5. The first-order chi connectivity index (χ1) is 20.0. The van der Waals surface area contributed by atoms with Crippen molar-refractivity contribution in [3.63, 3.8) is 0 Å². The van der Waals surface area contributed by atoms with Crippen LogP contribution in [0.1, 0.15) is 62.8 Å². The number of carbonyl (C=O) groups is 3. The molecule has 0 saturated carbocycles. The Balaban J connectivity index is 1.66. The second-order valence-electron chi connectivity index (χ2n) is 11.9. The highest BCUT2D eigenvalue weighted by Gasteiger charge is 2.36. The van der Waals surface area contributed by atoms with Crippen LogP contribution >= 0.6 is 0 Å². The number of methoxy groups -OCH3 is 1. The van der Waals surface area contributed by atoms with Crippen LogP contribution in [0, 0.1) is 18.3 Å². The van der Waals surface area contributed by atoms with Gasteiger partial charge in [0.15, 0.2) is 0 Å². The van der Waals surface area contributed by atoms with Gasteiger partial charge in [-0.05, 0) is 59.4 Å². The van der Waals surface area contributed by atoms with Crippen molar-refractivity contribution >= 4 is 17.8 Å². The molecule has 0 aromatic heterocycles. The minimum atomic E-state index is -1.04. The van der Waals surface area contributed by atoms with E-state index in [0.29, 0.717) is 12.8 Å². The minimum Gasteiger partial charge on any atom is -0.481 e. The molecule has 0 radical (unpaired) electrons. The lowest BCUT2D eigenvalue weighted by Crippen LogP contribution is -2.55. The van der Waals surface area contributed by atoms with Gasteiger partial charge in [-0.1, -0.05) is 99.6 Å². The van der Waals surface area contributed by atoms with Gasteiger partial charge in [-0.3, -0.25) is 14.4 Å². The molecular weight excluding hydrogens is 528 g/mol. The number of rotatable bonds is 14. The van der Waals surface area contributed by atoms with Gasteiger partial charge in [-0.15, -0.1) is 0 Å². The van der Waals surface area contributed by atoms with Crippen molar-refractivity contribution < 1.29 is 24.2 Å². The Morgan fingerprint density at radius 3 is 2.10 bits per heavy atom. The normalized spacial score (nSPS) is 13.5. The average Bonchev–Trinajstić information content (AvgIpc) is 2.95. The van der Waals surface area contributed by atoms with Crippen molar-refractivity contribution in [3.8, 4) is 11.1 Å². The molecule has 0 saturated heterocycles. The molecule has 0 spiro atoms. The molecule has 0 aliphatic carbocycles. The van der Waals surface area contributed by atoms with Gasteiger partial charge < -0.3 is 20.5 Å². The Labute approximate surface area is 249 Å². The lowest BCUT2D eigenvalue weighted by Gasteiger charge is -2.33. The van der Waals surface area contributed by atoms with Gasteiger partial charge in [0.25, 0.3) is 0 Å². The number of hydrogen-bond donors (Lipinski definition) is 3. The highest BCUT2D eigenvalue weighted by molar-refractivity contribution is 5.90. The van der Waals surface area contributed by atoms with Crippen LogP contribution in [-0.2, 0) is 25.5 Å². The summed E-state index contributed by atoms with van der Waals surface area (Å²) >= 11 is 0. The molecule has 0 bridgehead atoms. The molecule has 0 unspecified atom stereocenters. The lowest BCUT2D eigenvalue weighted by molar-refractivity contribution is -0.142. The van der Waals surface area contributed by atoms with E-state index in [1.807, 2.05) is 63.2 Å². The molecule has 42 heavy (non-hydrogen) atoms. The molecule has 224 valence electrons. The zero-order chi connectivity index (χ0) is 30.7. The van der Waals surface area contributed by atoms with E-state index in [-0.39, 0.29) is 18.9 Å². The first-order valence-corrected chi connectivity index (χ1v) is 14.5. The van der Waals surface area contributed by atoms with Gasteiger partial charge in [0.05, 0.1) is 19.1 Å². The van der Waals surface area contributed by atoms with Crippen LogP contribution in [0.5, 0.6) is 0 Å². The molecular formula is C35H44N2O5. The van der Waals surface area contributed by atoms with E-state index in [4.69, 9.17) is 4.74 Å². The number of nitrogens with one attached hydrogen (secondary N) is 2. The Bertz CT molecular complexity index is 1320. The topological polar surface area (TPSA) is 105 Å². The summed E-state index contributed by atoms with van der Waals surface area (Å²) in [5.74, 6) is -2.57. The standard InChI is InChI=1S/C35H44N2O5/c1-24-12-9-10-17-29(24)26-20-18-25(19-21-26)13-11-16-28(22-31(38)39)33(40)37-32(35(2,3)4)34(41)36-30(23-42-5)27-14-7-6-8-15-27/h6-10,12,14-15,17-21,28,30,32H,11,13,16,22-23H2,1-5H3,(H,36,41)(H,37,40)(H,38,39)/t28-,30-,32-/m1/s1. The quantitative estimate of drug-likeness (QED) is 0.216. The van der Waals surface area contributed by atoms with Gasteiger partial charge in [0, 0.05) is 13.0 Å². The molecule has 0 heterocycles. The molecule has 0 fully saturated rings. The third-order valence-corrected chi connectivity index (χ3v) is 7.49. The van der Waals surface area contributed by atoms with Crippen molar-refractivity contribution in [2.75, 3.05) is 13.7 Å². The number of hydrogen-bond acceptors (Lipinski definition) is 4. The summed E-state index contributed by atoms with van der Waals surface area (Å²) in [7, 11) is 1.57. The Hall–Kier alpha value is -3.97. The van der Waals surface area contributed by atoms with E-state index in [1.54, 1.807) is 7.11 Å². The van der Waals surface area contributed by atoms with Crippen LogP contribution in [0.4, 0.5) is 0 Å². The zero-order valence-corrected chi connectivity index (χ0v) is 25.4. The zero-order valence-electron chi connectivity index (χ0n) is 25.4. The summed E-state index contributed by atoms with van der Waals surface area (Å²) in [6.07, 6.45) is 1.46. The van der Waals surface area contributed by atoms with E-state index in [2.05, 4.69) is 54.0 Å². The molecule has 3 rings (SSSR count). The van der Waals surface area contributed by atoms with Crippen LogP contribution in [-0.4, -0.2) is 42.6 Å². The third kappa shape index (κ3) is 9.55. The van der Waals surface area contributed by atoms with Gasteiger partial charge in [-0.2, -0.15) is 0 Å². The number of carboxylic acid groups (broad SMARTS) is 1. The van der Waals surface area contributed by atoms with Crippen LogP contribution in [0.15, 0.2) is 78.9 Å². The van der Waals surface area contributed by atoms with Crippen LogP contribution < -0.4 is 10.6 Å². The van der Waals surface area contributed by atoms with Crippen LogP contribution in [0.25, 0.3) is 11.1 Å². The number of carboxylic acids is 1. The maximum Gasteiger partial charge on any atom is 0.304 e. The fourth-order valence-electron chi connectivity index (χ4n) is 5.10. The SMILES string of the molecule is COC[C@@H](NC(=O)[C@@H](NC(=O)[C@H](CCCc1ccc(-c2ccccc2C)cc1)CC(=O)O)C(C)(C)C)c1ccccc1. The number of aliphatic carboxylic acids is 1. The summed E-state index contributed by atoms with van der Waals surface area (Å²) in [5, 5.41) is 15.4. The van der Waals surface area contributed by atoms with E-state index in [0.717, 1.165) is 23.1 Å². The van der Waals surface area contributed by atoms with Crippen molar-refractivity contribution in [1.82, 2.24) is 10.6 Å². The predicted octanol–water partition coefficient (Wildman–Crippen LogP) is 6.11. The van der Waals surface area contributed by atoms with E-state index < -0.39 is 35.3 Å². The number of aryl methyl sites for hydroxylation is 2. The van der Waals surface area contributed by atoms with Crippen LogP contribution in [0.2, 0.25) is 0 Å². The van der Waals surface area contributed by atoms with Crippen molar-refractivity contribution in [2.45, 2.75) is 65.5 Å². The molecule has 3 aromatic rings. The number of amides is 2. The molecule has 2 amide bonds.